The second kappa shape index (κ2) is 5.66. The highest BCUT2D eigenvalue weighted by atomic mass is 32.2. The van der Waals surface area contributed by atoms with Crippen LogP contribution in [0.5, 0.6) is 0 Å². The maximum absolute atomic E-state index is 12.7. The third kappa shape index (κ3) is 3.03. The summed E-state index contributed by atoms with van der Waals surface area (Å²) in [5, 5.41) is 3.57. The molecular formula is C16H22N2O3S. The molecule has 2 saturated heterocycles. The fourth-order valence-electron chi connectivity index (χ4n) is 3.57. The first-order valence-corrected chi connectivity index (χ1v) is 9.57. The molecule has 1 aromatic carbocycles. The van der Waals surface area contributed by atoms with Crippen LogP contribution in [-0.2, 0) is 9.84 Å². The molecule has 1 aromatic rings. The molecule has 2 aliphatic rings. The summed E-state index contributed by atoms with van der Waals surface area (Å²) in [5.41, 5.74) is 0.441. The van der Waals surface area contributed by atoms with E-state index in [-0.39, 0.29) is 16.8 Å². The van der Waals surface area contributed by atoms with E-state index in [4.69, 9.17) is 0 Å². The minimum atomic E-state index is -3.30. The van der Waals surface area contributed by atoms with E-state index >= 15 is 0 Å². The minimum absolute atomic E-state index is 0.100. The highest BCUT2D eigenvalue weighted by Gasteiger charge is 2.36. The zero-order valence-corrected chi connectivity index (χ0v) is 13.8. The Hall–Kier alpha value is -1.40. The van der Waals surface area contributed by atoms with Crippen molar-refractivity contribution in [1.29, 1.82) is 0 Å². The van der Waals surface area contributed by atoms with Gasteiger partial charge in [-0.2, -0.15) is 0 Å². The highest BCUT2D eigenvalue weighted by Crippen LogP contribution is 2.30. The van der Waals surface area contributed by atoms with Gasteiger partial charge in [-0.25, -0.2) is 8.42 Å². The third-order valence-corrected chi connectivity index (χ3v) is 5.94. The van der Waals surface area contributed by atoms with Crippen molar-refractivity contribution in [2.45, 2.75) is 48.7 Å². The minimum Gasteiger partial charge on any atom is -0.339 e. The summed E-state index contributed by atoms with van der Waals surface area (Å²) in [6, 6.07) is 7.57. The van der Waals surface area contributed by atoms with E-state index in [0.717, 1.165) is 19.1 Å². The zero-order valence-electron chi connectivity index (χ0n) is 13.0. The standard InChI is InChI=1S/C16H22N2O3S/c1-18(14-9-12-6-7-13(10-14)17-12)16(19)11-4-3-5-15(8-11)22(2,20)21/h3-5,8,12-14,17H,6-7,9-10H2,1-2H3. The molecular weight excluding hydrogens is 300 g/mol. The first kappa shape index (κ1) is 15.5. The molecule has 2 heterocycles. The number of carbonyl (C=O) groups excluding carboxylic acids is 1. The molecule has 5 nitrogen and oxygen atoms in total. The summed E-state index contributed by atoms with van der Waals surface area (Å²) in [6.07, 6.45) is 5.49. The Balaban J connectivity index is 1.79. The number of amides is 1. The third-order valence-electron chi connectivity index (χ3n) is 4.83. The largest absolute Gasteiger partial charge is 0.339 e. The molecule has 6 heteroatoms. The first-order chi connectivity index (χ1) is 10.3. The molecule has 1 N–H and O–H groups in total. The van der Waals surface area contributed by atoms with Crippen molar-refractivity contribution in [1.82, 2.24) is 10.2 Å². The van der Waals surface area contributed by atoms with Gasteiger partial charge in [-0.15, -0.1) is 0 Å². The van der Waals surface area contributed by atoms with Crippen LogP contribution in [0.25, 0.3) is 0 Å². The quantitative estimate of drug-likeness (QED) is 0.914. The Bertz CT molecular complexity index is 674. The zero-order chi connectivity index (χ0) is 15.9. The Labute approximate surface area is 131 Å². The summed E-state index contributed by atoms with van der Waals surface area (Å²) < 4.78 is 23.3. The SMILES string of the molecule is CN(C(=O)c1cccc(S(C)(=O)=O)c1)C1CC2CCC(C1)N2. The molecule has 0 spiro atoms. The number of sulfone groups is 1. The second-order valence-corrected chi connectivity index (χ2v) is 8.49. The van der Waals surface area contributed by atoms with Crippen LogP contribution in [0.1, 0.15) is 36.0 Å². The lowest BCUT2D eigenvalue weighted by molar-refractivity contribution is 0.0681. The topological polar surface area (TPSA) is 66.5 Å². The average molecular weight is 322 g/mol. The molecule has 22 heavy (non-hydrogen) atoms. The molecule has 2 aliphatic heterocycles. The predicted octanol–water partition coefficient (Wildman–Crippen LogP) is 1.45. The Morgan fingerprint density at radius 3 is 2.45 bits per heavy atom. The van der Waals surface area contributed by atoms with Crippen LogP contribution in [0.3, 0.4) is 0 Å². The normalized spacial score (nSPS) is 27.6. The van der Waals surface area contributed by atoms with E-state index in [1.807, 2.05) is 7.05 Å². The van der Waals surface area contributed by atoms with Crippen LogP contribution in [-0.4, -0.2) is 50.7 Å². The second-order valence-electron chi connectivity index (χ2n) is 6.48. The summed E-state index contributed by atoms with van der Waals surface area (Å²) in [7, 11) is -1.47. The number of benzene rings is 1. The van der Waals surface area contributed by atoms with Crippen LogP contribution >= 0.6 is 0 Å². The number of fused-ring (bicyclic) bond motifs is 2. The number of nitrogens with one attached hydrogen (secondary N) is 1. The maximum Gasteiger partial charge on any atom is 0.253 e. The van der Waals surface area contributed by atoms with Gasteiger partial charge in [0, 0.05) is 37.0 Å². The van der Waals surface area contributed by atoms with Crippen molar-refractivity contribution >= 4 is 15.7 Å². The Morgan fingerprint density at radius 2 is 1.86 bits per heavy atom. The fourth-order valence-corrected chi connectivity index (χ4v) is 4.24. The molecule has 2 fully saturated rings. The van der Waals surface area contributed by atoms with Crippen LogP contribution in [0.15, 0.2) is 29.2 Å². The van der Waals surface area contributed by atoms with Crippen molar-refractivity contribution in [3.05, 3.63) is 29.8 Å². The maximum atomic E-state index is 12.7. The van der Waals surface area contributed by atoms with Gasteiger partial charge in [-0.1, -0.05) is 6.07 Å². The van der Waals surface area contributed by atoms with Crippen LogP contribution in [0.2, 0.25) is 0 Å². The van der Waals surface area contributed by atoms with Crippen molar-refractivity contribution in [2.24, 2.45) is 0 Å². The van der Waals surface area contributed by atoms with Gasteiger partial charge < -0.3 is 10.2 Å². The van der Waals surface area contributed by atoms with Gasteiger partial charge >= 0.3 is 0 Å². The van der Waals surface area contributed by atoms with E-state index in [1.165, 1.54) is 25.0 Å². The summed E-state index contributed by atoms with van der Waals surface area (Å²) in [4.78, 5) is 14.6. The van der Waals surface area contributed by atoms with E-state index < -0.39 is 9.84 Å². The monoisotopic (exact) mass is 322 g/mol. The van der Waals surface area contributed by atoms with Crippen LogP contribution in [0.4, 0.5) is 0 Å². The van der Waals surface area contributed by atoms with Gasteiger partial charge in [0.25, 0.3) is 5.91 Å². The number of carbonyl (C=O) groups is 1. The Kier molecular flexibility index (Phi) is 3.99. The van der Waals surface area contributed by atoms with Crippen molar-refractivity contribution in [2.75, 3.05) is 13.3 Å². The molecule has 120 valence electrons. The average Bonchev–Trinajstić information content (AvgIpc) is 2.83. The van der Waals surface area contributed by atoms with E-state index in [1.54, 1.807) is 17.0 Å². The molecule has 2 bridgehead atoms. The molecule has 2 atom stereocenters. The molecule has 0 aliphatic carbocycles. The number of rotatable bonds is 3. The van der Waals surface area contributed by atoms with Gasteiger partial charge in [0.2, 0.25) is 0 Å². The molecule has 2 unspecified atom stereocenters. The lowest BCUT2D eigenvalue weighted by Crippen LogP contribution is -2.48. The van der Waals surface area contributed by atoms with Crippen LogP contribution in [0, 0.1) is 0 Å². The van der Waals surface area contributed by atoms with E-state index in [2.05, 4.69) is 5.32 Å². The molecule has 0 radical (unpaired) electrons. The van der Waals surface area contributed by atoms with Gasteiger partial charge in [0.15, 0.2) is 9.84 Å². The summed E-state index contributed by atoms with van der Waals surface area (Å²) in [6.45, 7) is 0. The summed E-state index contributed by atoms with van der Waals surface area (Å²) in [5.74, 6) is -0.100. The molecule has 3 rings (SSSR count). The van der Waals surface area contributed by atoms with E-state index in [0.29, 0.717) is 17.6 Å². The smallest absolute Gasteiger partial charge is 0.253 e. The van der Waals surface area contributed by atoms with Crippen molar-refractivity contribution < 1.29 is 13.2 Å². The van der Waals surface area contributed by atoms with Crippen molar-refractivity contribution in [3.8, 4) is 0 Å². The van der Waals surface area contributed by atoms with Crippen molar-refractivity contribution in [3.63, 3.8) is 0 Å². The van der Waals surface area contributed by atoms with Gasteiger partial charge in [-0.05, 0) is 43.9 Å². The molecule has 1 amide bonds. The molecule has 0 saturated carbocycles. The summed E-state index contributed by atoms with van der Waals surface area (Å²) >= 11 is 0. The van der Waals surface area contributed by atoms with Crippen LogP contribution < -0.4 is 5.32 Å². The van der Waals surface area contributed by atoms with Gasteiger partial charge in [-0.3, -0.25) is 4.79 Å². The lowest BCUT2D eigenvalue weighted by Gasteiger charge is -2.35. The Morgan fingerprint density at radius 1 is 1.23 bits per heavy atom. The predicted molar refractivity (Wildman–Crippen MR) is 84.6 cm³/mol. The fraction of sp³-hybridized carbons (Fsp3) is 0.562. The van der Waals surface area contributed by atoms with Gasteiger partial charge in [0.05, 0.1) is 4.90 Å². The number of hydrogen-bond acceptors (Lipinski definition) is 4. The number of hydrogen-bond donors (Lipinski definition) is 1. The number of piperidine rings is 1. The lowest BCUT2D eigenvalue weighted by atomic mass is 9.98. The number of nitrogens with zero attached hydrogens (tertiary/aromatic N) is 1. The first-order valence-electron chi connectivity index (χ1n) is 7.68. The van der Waals surface area contributed by atoms with Gasteiger partial charge in [0.1, 0.15) is 0 Å². The van der Waals surface area contributed by atoms with E-state index in [9.17, 15) is 13.2 Å². The molecule has 0 aromatic heterocycles. The highest BCUT2D eigenvalue weighted by molar-refractivity contribution is 7.90.